The lowest BCUT2D eigenvalue weighted by Gasteiger charge is -2.34. The van der Waals surface area contributed by atoms with Gasteiger partial charge in [-0.25, -0.2) is 13.1 Å². The van der Waals surface area contributed by atoms with E-state index in [-0.39, 0.29) is 17.7 Å². The van der Waals surface area contributed by atoms with Crippen LogP contribution in [0.15, 0.2) is 48.5 Å². The van der Waals surface area contributed by atoms with Crippen molar-refractivity contribution in [2.24, 2.45) is 0 Å². The highest BCUT2D eigenvalue weighted by atomic mass is 32.2. The first-order chi connectivity index (χ1) is 13.0. The smallest absolute Gasteiger partial charge is 0.211 e. The summed E-state index contributed by atoms with van der Waals surface area (Å²) in [7, 11) is -1.26. The zero-order valence-corrected chi connectivity index (χ0v) is 16.8. The number of nitrogens with one attached hydrogen (secondary N) is 2. The molecule has 1 aliphatic heterocycles. The molecule has 2 aromatic carbocycles. The Hall–Kier alpha value is -1.89. The normalized spacial score (nSPS) is 19.3. The molecule has 146 valence electrons. The molecular formula is C21H28N2O3S. The van der Waals surface area contributed by atoms with E-state index in [1.807, 2.05) is 32.2 Å². The Kier molecular flexibility index (Phi) is 6.52. The third-order valence-electron chi connectivity index (χ3n) is 5.02. The topological polar surface area (TPSA) is 67.4 Å². The summed E-state index contributed by atoms with van der Waals surface area (Å²) >= 11 is 0. The quantitative estimate of drug-likeness (QED) is 0.730. The van der Waals surface area contributed by atoms with E-state index in [9.17, 15) is 8.42 Å². The summed E-state index contributed by atoms with van der Waals surface area (Å²) < 4.78 is 32.5. The molecule has 1 heterocycles. The monoisotopic (exact) mass is 388 g/mol. The van der Waals surface area contributed by atoms with E-state index < -0.39 is 10.0 Å². The van der Waals surface area contributed by atoms with Crippen LogP contribution in [-0.2, 0) is 23.0 Å². The fourth-order valence-electron chi connectivity index (χ4n) is 3.58. The Morgan fingerprint density at radius 2 is 1.89 bits per heavy atom. The van der Waals surface area contributed by atoms with Gasteiger partial charge in [-0.05, 0) is 42.6 Å². The van der Waals surface area contributed by atoms with Crippen LogP contribution in [0.25, 0.3) is 0 Å². The zero-order valence-electron chi connectivity index (χ0n) is 15.9. The summed E-state index contributed by atoms with van der Waals surface area (Å²) in [6, 6.07) is 16.6. The van der Waals surface area contributed by atoms with Gasteiger partial charge in [-0.2, -0.15) is 0 Å². The molecule has 0 fully saturated rings. The molecule has 0 aliphatic carbocycles. The molecule has 1 aliphatic rings. The van der Waals surface area contributed by atoms with Crippen LogP contribution in [-0.4, -0.2) is 33.9 Å². The minimum atomic E-state index is -3.22. The number of ether oxygens (including phenoxy) is 1. The molecule has 3 rings (SSSR count). The number of hydrogen-bond acceptors (Lipinski definition) is 4. The second-order valence-electron chi connectivity index (χ2n) is 7.01. The maximum Gasteiger partial charge on any atom is 0.211 e. The molecule has 5 nitrogen and oxygen atoms in total. The maximum atomic E-state index is 12.0. The predicted octanol–water partition coefficient (Wildman–Crippen LogP) is 2.82. The van der Waals surface area contributed by atoms with E-state index in [2.05, 4.69) is 40.4 Å². The lowest BCUT2D eigenvalue weighted by molar-refractivity contribution is 0.218. The molecule has 2 aromatic rings. The summed E-state index contributed by atoms with van der Waals surface area (Å²) in [5.74, 6) is 1.32. The van der Waals surface area contributed by atoms with Crippen molar-refractivity contribution in [1.29, 1.82) is 0 Å². The standard InChI is InChI=1S/C21H28N2O3S/c1-3-11-27(24,25)23-14-17-9-10-21-19(13-17)18(20(22-2)15-26-21)12-16-7-5-4-6-8-16/h4-10,13,18,20,22-23H,3,11-12,14-15H2,1-2H3/t18-,20-/m1/s1. The highest BCUT2D eigenvalue weighted by Crippen LogP contribution is 2.36. The first kappa shape index (κ1) is 19.9. The van der Waals surface area contributed by atoms with E-state index in [0.717, 1.165) is 23.3 Å². The van der Waals surface area contributed by atoms with Crippen LogP contribution in [0.5, 0.6) is 5.75 Å². The molecule has 0 amide bonds. The molecule has 6 heteroatoms. The third kappa shape index (κ3) is 5.09. The van der Waals surface area contributed by atoms with E-state index in [1.165, 1.54) is 5.56 Å². The van der Waals surface area contributed by atoms with Crippen LogP contribution in [0.4, 0.5) is 0 Å². The first-order valence-corrected chi connectivity index (χ1v) is 11.1. The molecule has 0 saturated heterocycles. The summed E-state index contributed by atoms with van der Waals surface area (Å²) in [6.45, 7) is 2.79. The minimum Gasteiger partial charge on any atom is -0.492 e. The van der Waals surface area contributed by atoms with Gasteiger partial charge in [-0.15, -0.1) is 0 Å². The van der Waals surface area contributed by atoms with Gasteiger partial charge in [0.15, 0.2) is 0 Å². The number of sulfonamides is 1. The van der Waals surface area contributed by atoms with Gasteiger partial charge in [0.25, 0.3) is 0 Å². The van der Waals surface area contributed by atoms with Gasteiger partial charge in [0.1, 0.15) is 12.4 Å². The fraction of sp³-hybridized carbons (Fsp3) is 0.429. The summed E-state index contributed by atoms with van der Waals surface area (Å²) in [5, 5.41) is 3.37. The molecule has 0 unspecified atom stereocenters. The Labute approximate surface area is 162 Å². The fourth-order valence-corrected chi connectivity index (χ4v) is 4.65. The van der Waals surface area contributed by atoms with Crippen LogP contribution in [0.1, 0.15) is 36.0 Å². The largest absolute Gasteiger partial charge is 0.492 e. The van der Waals surface area contributed by atoms with Crippen LogP contribution in [0.3, 0.4) is 0 Å². The van der Waals surface area contributed by atoms with Gasteiger partial charge in [-0.1, -0.05) is 49.4 Å². The van der Waals surface area contributed by atoms with Crippen molar-refractivity contribution in [2.75, 3.05) is 19.4 Å². The molecule has 0 radical (unpaired) electrons. The molecular weight excluding hydrogens is 360 g/mol. The van der Waals surface area contributed by atoms with Gasteiger partial charge < -0.3 is 10.1 Å². The molecule has 0 saturated carbocycles. The van der Waals surface area contributed by atoms with Crippen LogP contribution < -0.4 is 14.8 Å². The maximum absolute atomic E-state index is 12.0. The Morgan fingerprint density at radius 3 is 2.59 bits per heavy atom. The SMILES string of the molecule is CCCS(=O)(=O)NCc1ccc2c(c1)[C@@H](Cc1ccccc1)[C@H](NC)CO2. The average molecular weight is 389 g/mol. The number of likely N-dealkylation sites (N-methyl/N-ethyl adjacent to an activating group) is 1. The van der Waals surface area contributed by atoms with E-state index in [1.54, 1.807) is 0 Å². The second kappa shape index (κ2) is 8.87. The van der Waals surface area contributed by atoms with Gasteiger partial charge in [0, 0.05) is 18.5 Å². The van der Waals surface area contributed by atoms with Gasteiger partial charge in [0.05, 0.1) is 5.75 Å². The van der Waals surface area contributed by atoms with Crippen LogP contribution in [0, 0.1) is 0 Å². The first-order valence-electron chi connectivity index (χ1n) is 9.46. The highest BCUT2D eigenvalue weighted by Gasteiger charge is 2.30. The minimum absolute atomic E-state index is 0.152. The molecule has 0 bridgehead atoms. The third-order valence-corrected chi connectivity index (χ3v) is 6.55. The molecule has 2 atom stereocenters. The number of rotatable bonds is 8. The van der Waals surface area contributed by atoms with Gasteiger partial charge in [-0.3, -0.25) is 0 Å². The van der Waals surface area contributed by atoms with Crippen molar-refractivity contribution >= 4 is 10.0 Å². The van der Waals surface area contributed by atoms with Crippen molar-refractivity contribution < 1.29 is 13.2 Å². The lowest BCUT2D eigenvalue weighted by atomic mass is 9.83. The van der Waals surface area contributed by atoms with Crippen LogP contribution >= 0.6 is 0 Å². The van der Waals surface area contributed by atoms with Crippen molar-refractivity contribution in [1.82, 2.24) is 10.0 Å². The average Bonchev–Trinajstić information content (AvgIpc) is 2.67. The Morgan fingerprint density at radius 1 is 1.11 bits per heavy atom. The summed E-state index contributed by atoms with van der Waals surface area (Å²) in [5.41, 5.74) is 3.37. The Balaban J connectivity index is 1.84. The molecule has 2 N–H and O–H groups in total. The zero-order chi connectivity index (χ0) is 19.3. The molecule has 27 heavy (non-hydrogen) atoms. The molecule has 0 spiro atoms. The van der Waals surface area contributed by atoms with Gasteiger partial charge in [0.2, 0.25) is 10.0 Å². The van der Waals surface area contributed by atoms with Crippen molar-refractivity contribution in [2.45, 2.75) is 38.3 Å². The predicted molar refractivity (Wildman–Crippen MR) is 109 cm³/mol. The van der Waals surface area contributed by atoms with Crippen LogP contribution in [0.2, 0.25) is 0 Å². The van der Waals surface area contributed by atoms with Crippen molar-refractivity contribution in [3.8, 4) is 5.75 Å². The van der Waals surface area contributed by atoms with Gasteiger partial charge >= 0.3 is 0 Å². The highest BCUT2D eigenvalue weighted by molar-refractivity contribution is 7.89. The Bertz CT molecular complexity index is 853. The summed E-state index contributed by atoms with van der Waals surface area (Å²) in [4.78, 5) is 0. The van der Waals surface area contributed by atoms with Crippen molar-refractivity contribution in [3.05, 3.63) is 65.2 Å². The molecule has 0 aromatic heterocycles. The second-order valence-corrected chi connectivity index (χ2v) is 8.94. The van der Waals surface area contributed by atoms with E-state index >= 15 is 0 Å². The van der Waals surface area contributed by atoms with E-state index in [4.69, 9.17) is 4.74 Å². The number of hydrogen-bond donors (Lipinski definition) is 2. The van der Waals surface area contributed by atoms with Crippen molar-refractivity contribution in [3.63, 3.8) is 0 Å². The number of benzene rings is 2. The summed E-state index contributed by atoms with van der Waals surface area (Å²) in [6.07, 6.45) is 1.52. The lowest BCUT2D eigenvalue weighted by Crippen LogP contribution is -2.41. The number of fused-ring (bicyclic) bond motifs is 1. The van der Waals surface area contributed by atoms with E-state index in [0.29, 0.717) is 19.6 Å².